The van der Waals surface area contributed by atoms with Crippen LogP contribution in [0, 0.1) is 11.2 Å². The van der Waals surface area contributed by atoms with Crippen LogP contribution in [0.3, 0.4) is 0 Å². The maximum atomic E-state index is 15.0. The minimum Gasteiger partial charge on any atom is -0.497 e. The van der Waals surface area contributed by atoms with E-state index in [1.54, 1.807) is 31.3 Å². The van der Waals surface area contributed by atoms with E-state index >= 15 is 0 Å². The Balaban J connectivity index is 1.59. The lowest BCUT2D eigenvalue weighted by atomic mass is 9.64. The van der Waals surface area contributed by atoms with E-state index in [0.29, 0.717) is 62.0 Å². The van der Waals surface area contributed by atoms with Gasteiger partial charge in [-0.1, -0.05) is 48.4 Å². The normalized spacial score (nSPS) is 23.2. The summed E-state index contributed by atoms with van der Waals surface area (Å²) in [5, 5.41) is 27.2. The summed E-state index contributed by atoms with van der Waals surface area (Å²) in [6.07, 6.45) is 5.19. The molecule has 0 aliphatic heterocycles. The molecule has 0 saturated heterocycles. The molecule has 1 saturated carbocycles. The number of urea groups is 1. The lowest BCUT2D eigenvalue weighted by Crippen LogP contribution is -2.55. The molecule has 8 nitrogen and oxygen atoms in total. The molecule has 53 heavy (non-hydrogen) atoms. The Kier molecular flexibility index (Phi) is 12.9. The van der Waals surface area contributed by atoms with Crippen molar-refractivity contribution < 1.29 is 33.7 Å². The van der Waals surface area contributed by atoms with Crippen LogP contribution >= 0.6 is 11.6 Å². The summed E-state index contributed by atoms with van der Waals surface area (Å²) in [6.45, 7) is 8.15. The Hall–Kier alpha value is -3.92. The number of fused-ring (bicyclic) bond motifs is 8. The van der Waals surface area contributed by atoms with Crippen LogP contribution in [0.5, 0.6) is 11.5 Å². The number of ether oxygens (including phenoxy) is 2. The van der Waals surface area contributed by atoms with Gasteiger partial charge in [-0.15, -0.1) is 0 Å². The number of rotatable bonds is 10. The summed E-state index contributed by atoms with van der Waals surface area (Å²) in [6, 6.07) is 15.1. The van der Waals surface area contributed by atoms with Gasteiger partial charge in [-0.2, -0.15) is 0 Å². The number of aliphatic hydroxyl groups excluding tert-OH is 1. The van der Waals surface area contributed by atoms with E-state index in [9.17, 15) is 24.2 Å². The van der Waals surface area contributed by atoms with Gasteiger partial charge in [0.2, 0.25) is 0 Å². The van der Waals surface area contributed by atoms with Gasteiger partial charge in [0, 0.05) is 45.7 Å². The second-order valence-electron chi connectivity index (χ2n) is 15.4. The van der Waals surface area contributed by atoms with Crippen molar-refractivity contribution in [1.29, 1.82) is 0 Å². The number of hydrogen-bond donors (Lipinski definition) is 3. The predicted molar refractivity (Wildman–Crippen MR) is 206 cm³/mol. The maximum Gasteiger partial charge on any atom is 0.317 e. The highest BCUT2D eigenvalue weighted by atomic mass is 35.5. The third-order valence-electron chi connectivity index (χ3n) is 11.4. The van der Waals surface area contributed by atoms with Crippen molar-refractivity contribution in [1.82, 2.24) is 10.2 Å². The molecule has 2 amide bonds. The van der Waals surface area contributed by atoms with Gasteiger partial charge in [-0.05, 0) is 113 Å². The van der Waals surface area contributed by atoms with Crippen molar-refractivity contribution in [2.45, 2.75) is 109 Å². The number of benzene rings is 3. The zero-order chi connectivity index (χ0) is 38.5. The number of nitrogens with one attached hydrogen (secondary N) is 1. The van der Waals surface area contributed by atoms with Gasteiger partial charge in [0.25, 0.3) is 0 Å². The molecule has 3 aromatic rings. The summed E-state index contributed by atoms with van der Waals surface area (Å²) in [5.74, 6) is 0.0877. The average molecular weight is 749 g/mol. The highest BCUT2D eigenvalue weighted by Crippen LogP contribution is 2.59. The van der Waals surface area contributed by atoms with Crippen LogP contribution in [0.1, 0.15) is 105 Å². The summed E-state index contributed by atoms with van der Waals surface area (Å²) in [4.78, 5) is 29.8. The second-order valence-corrected chi connectivity index (χ2v) is 15.8. The van der Waals surface area contributed by atoms with Gasteiger partial charge in [0.15, 0.2) is 5.78 Å². The first kappa shape index (κ1) is 40.3. The Bertz CT molecular complexity index is 1810. The smallest absolute Gasteiger partial charge is 0.317 e. The molecule has 2 bridgehead atoms. The molecule has 0 radical (unpaired) electrons. The summed E-state index contributed by atoms with van der Waals surface area (Å²) >= 11 is 6.39. The number of nitrogens with zero attached hydrogens (tertiary/aromatic N) is 1. The first-order valence-corrected chi connectivity index (χ1v) is 19.0. The SMILES string of the molecule is COc1ccc(CN(C[C@]2(O)CC[C@H]3c4ccc(cc4C(=O)Cc4c(F)cccc4Cl)C[C@@H](O)CCC(C)=CCC[C@@]32C)C(=O)NC(C)C)c(OC)c1. The number of ketones is 1. The minimum absolute atomic E-state index is 0.0365. The van der Waals surface area contributed by atoms with Gasteiger partial charge in [-0.3, -0.25) is 4.79 Å². The van der Waals surface area contributed by atoms with Crippen molar-refractivity contribution in [2.24, 2.45) is 5.41 Å². The van der Waals surface area contributed by atoms with Crippen LogP contribution in [0.25, 0.3) is 0 Å². The number of halogens is 2. The number of Topliss-reactive ketones (excluding diaryl/α,β-unsaturated/α-hetero) is 1. The molecular formula is C43H54ClFN2O6. The third-order valence-corrected chi connectivity index (χ3v) is 11.7. The average Bonchev–Trinajstić information content (AvgIpc) is 3.36. The number of amides is 2. The predicted octanol–water partition coefficient (Wildman–Crippen LogP) is 8.58. The molecule has 1 fully saturated rings. The van der Waals surface area contributed by atoms with Crippen molar-refractivity contribution in [3.63, 3.8) is 0 Å². The Labute approximate surface area is 318 Å². The van der Waals surface area contributed by atoms with Gasteiger partial charge >= 0.3 is 6.03 Å². The molecule has 286 valence electrons. The van der Waals surface area contributed by atoms with E-state index < -0.39 is 22.9 Å². The number of carbonyl (C=O) groups is 2. The van der Waals surface area contributed by atoms with E-state index in [2.05, 4.69) is 25.2 Å². The highest BCUT2D eigenvalue weighted by molar-refractivity contribution is 6.31. The van der Waals surface area contributed by atoms with Gasteiger partial charge < -0.3 is 29.9 Å². The van der Waals surface area contributed by atoms with Gasteiger partial charge in [0.05, 0.1) is 39.0 Å². The zero-order valence-electron chi connectivity index (χ0n) is 31.8. The van der Waals surface area contributed by atoms with Crippen LogP contribution in [-0.2, 0) is 19.4 Å². The largest absolute Gasteiger partial charge is 0.497 e. The van der Waals surface area contributed by atoms with Gasteiger partial charge in [0.1, 0.15) is 17.3 Å². The monoisotopic (exact) mass is 748 g/mol. The molecule has 3 aliphatic rings. The topological polar surface area (TPSA) is 108 Å². The molecule has 3 N–H and O–H groups in total. The number of aliphatic hydroxyl groups is 2. The summed E-state index contributed by atoms with van der Waals surface area (Å²) in [5.41, 5.74) is 1.94. The molecule has 0 aromatic heterocycles. The lowest BCUT2D eigenvalue weighted by Gasteiger charge is -2.46. The first-order valence-electron chi connectivity index (χ1n) is 18.6. The van der Waals surface area contributed by atoms with Gasteiger partial charge in [-0.25, -0.2) is 9.18 Å². The fraction of sp³-hybridized carbons (Fsp3) is 0.488. The fourth-order valence-electron chi connectivity index (χ4n) is 8.24. The van der Waals surface area contributed by atoms with E-state index in [-0.39, 0.29) is 53.9 Å². The highest BCUT2D eigenvalue weighted by Gasteiger charge is 2.57. The van der Waals surface area contributed by atoms with E-state index in [0.717, 1.165) is 16.7 Å². The van der Waals surface area contributed by atoms with Crippen molar-refractivity contribution in [3.8, 4) is 11.5 Å². The molecule has 0 unspecified atom stereocenters. The quantitative estimate of drug-likeness (QED) is 0.142. The zero-order valence-corrected chi connectivity index (χ0v) is 32.6. The van der Waals surface area contributed by atoms with Crippen molar-refractivity contribution in [2.75, 3.05) is 20.8 Å². The van der Waals surface area contributed by atoms with Crippen LogP contribution < -0.4 is 14.8 Å². The van der Waals surface area contributed by atoms with E-state index in [4.69, 9.17) is 21.1 Å². The minimum atomic E-state index is -1.35. The van der Waals surface area contributed by atoms with Crippen LogP contribution in [0.15, 0.2) is 66.2 Å². The van der Waals surface area contributed by atoms with E-state index in [1.165, 1.54) is 17.7 Å². The van der Waals surface area contributed by atoms with E-state index in [1.807, 2.05) is 44.2 Å². The molecule has 10 heteroatoms. The second kappa shape index (κ2) is 17.0. The first-order chi connectivity index (χ1) is 25.2. The Morgan fingerprint density at radius 1 is 1.08 bits per heavy atom. The molecule has 0 heterocycles. The molecule has 3 aliphatic carbocycles. The maximum absolute atomic E-state index is 15.0. The van der Waals surface area contributed by atoms with Crippen molar-refractivity contribution >= 4 is 23.4 Å². The van der Waals surface area contributed by atoms with Crippen LogP contribution in [-0.4, -0.2) is 65.4 Å². The number of carbonyl (C=O) groups excluding carboxylic acids is 2. The summed E-state index contributed by atoms with van der Waals surface area (Å²) in [7, 11) is 3.15. The lowest BCUT2D eigenvalue weighted by molar-refractivity contribution is -0.0781. The fourth-order valence-corrected chi connectivity index (χ4v) is 8.47. The van der Waals surface area contributed by atoms with Crippen molar-refractivity contribution in [3.05, 3.63) is 105 Å². The summed E-state index contributed by atoms with van der Waals surface area (Å²) < 4.78 is 26.1. The molecular weight excluding hydrogens is 695 g/mol. The standard InChI is InChI=1S/C43H54ClFN2O6/c1-27(2)46-41(50)47(25-30-14-16-32(52-5)23-40(30)53-6)26-43(51)20-18-36-33-17-13-29(21-31(48)15-12-28(3)9-8-19-42(36,43)4)22-34(33)39(49)24-35-37(44)10-7-11-38(35)45/h7,9-11,13-14,16-17,22-23,27,31,36,48,51H,8,12,15,18-21,24-26H2,1-6H3,(H,46,50)/t31-,36-,42-,43+/m0/s1. The molecule has 6 rings (SSSR count). The molecule has 0 spiro atoms. The Morgan fingerprint density at radius 2 is 1.85 bits per heavy atom. The number of methoxy groups -OCH3 is 2. The number of allylic oxidation sites excluding steroid dienone is 2. The third kappa shape index (κ3) is 9.07. The number of hydrogen-bond acceptors (Lipinski definition) is 6. The molecule has 3 aromatic carbocycles. The van der Waals surface area contributed by atoms with Crippen LogP contribution in [0.4, 0.5) is 9.18 Å². The Morgan fingerprint density at radius 3 is 2.55 bits per heavy atom. The van der Waals surface area contributed by atoms with Crippen LogP contribution in [0.2, 0.25) is 5.02 Å². The molecule has 4 atom stereocenters.